The van der Waals surface area contributed by atoms with E-state index in [-0.39, 0.29) is 11.5 Å². The quantitative estimate of drug-likeness (QED) is 0.332. The van der Waals surface area contributed by atoms with Crippen LogP contribution in [0, 0.1) is 5.82 Å². The van der Waals surface area contributed by atoms with E-state index in [1.807, 2.05) is 6.07 Å². The fraction of sp³-hybridized carbons (Fsp3) is 0. The molecule has 32 heavy (non-hydrogen) atoms. The normalized spacial score (nSPS) is 10.8. The number of anilines is 1. The van der Waals surface area contributed by atoms with Crippen LogP contribution < -0.4 is 10.7 Å². The maximum atomic E-state index is 13.9. The first kappa shape index (κ1) is 20.7. The molecular weight excluding hydrogens is 409 g/mol. The predicted octanol–water partition coefficient (Wildman–Crippen LogP) is 5.10. The lowest BCUT2D eigenvalue weighted by Gasteiger charge is -2.09. The van der Waals surface area contributed by atoms with Crippen molar-refractivity contribution in [2.24, 2.45) is 5.10 Å². The molecule has 0 bridgehead atoms. The Labute approximate surface area is 183 Å². The first-order valence-corrected chi connectivity index (χ1v) is 9.75. The van der Waals surface area contributed by atoms with E-state index in [0.29, 0.717) is 28.3 Å². The van der Waals surface area contributed by atoms with E-state index < -0.39 is 11.7 Å². The van der Waals surface area contributed by atoms with Gasteiger partial charge >= 0.3 is 0 Å². The highest BCUT2D eigenvalue weighted by Crippen LogP contribution is 2.24. The van der Waals surface area contributed by atoms with Gasteiger partial charge in [-0.25, -0.2) is 9.82 Å². The van der Waals surface area contributed by atoms with Gasteiger partial charge in [0.1, 0.15) is 17.3 Å². The molecule has 0 saturated heterocycles. The van der Waals surface area contributed by atoms with Crippen molar-refractivity contribution in [2.75, 3.05) is 5.32 Å². The summed E-state index contributed by atoms with van der Waals surface area (Å²) in [6.45, 7) is 0. The maximum Gasteiger partial charge on any atom is 0.273 e. The molecule has 158 valence electrons. The molecule has 1 heterocycles. The number of furan rings is 1. The molecule has 2 amide bonds. The number of amides is 2. The summed E-state index contributed by atoms with van der Waals surface area (Å²) in [7, 11) is 0. The number of nitrogens with one attached hydrogen (secondary N) is 2. The fourth-order valence-electron chi connectivity index (χ4n) is 3.02. The molecule has 6 nitrogen and oxygen atoms in total. The third kappa shape index (κ3) is 4.79. The van der Waals surface area contributed by atoms with E-state index in [1.54, 1.807) is 78.9 Å². The number of benzene rings is 3. The second-order valence-electron chi connectivity index (χ2n) is 6.75. The lowest BCUT2D eigenvalue weighted by Crippen LogP contribution is -2.21. The Morgan fingerprint density at radius 1 is 0.812 bits per heavy atom. The highest BCUT2D eigenvalue weighted by molar-refractivity contribution is 6.09. The second-order valence-corrected chi connectivity index (χ2v) is 6.75. The summed E-state index contributed by atoms with van der Waals surface area (Å²) in [4.78, 5) is 25.0. The minimum absolute atomic E-state index is 0.250. The fourth-order valence-corrected chi connectivity index (χ4v) is 3.02. The van der Waals surface area contributed by atoms with Crippen LogP contribution in [-0.4, -0.2) is 18.0 Å². The van der Waals surface area contributed by atoms with Crippen LogP contribution in [0.3, 0.4) is 0 Å². The van der Waals surface area contributed by atoms with Gasteiger partial charge in [0.15, 0.2) is 0 Å². The third-order valence-corrected chi connectivity index (χ3v) is 4.58. The van der Waals surface area contributed by atoms with E-state index in [1.165, 1.54) is 12.3 Å². The molecule has 1 aromatic heterocycles. The molecule has 0 saturated carbocycles. The van der Waals surface area contributed by atoms with Gasteiger partial charge in [-0.05, 0) is 48.5 Å². The average Bonchev–Trinajstić information content (AvgIpc) is 3.29. The van der Waals surface area contributed by atoms with Crippen molar-refractivity contribution < 1.29 is 18.4 Å². The first-order chi connectivity index (χ1) is 15.6. The lowest BCUT2D eigenvalue weighted by atomic mass is 10.1. The molecule has 0 spiro atoms. The molecule has 3 aromatic carbocycles. The monoisotopic (exact) mass is 427 g/mol. The van der Waals surface area contributed by atoms with Gasteiger partial charge in [0.05, 0.1) is 23.0 Å². The van der Waals surface area contributed by atoms with Crippen LogP contribution in [0.5, 0.6) is 0 Å². The summed E-state index contributed by atoms with van der Waals surface area (Å²) in [6, 6.07) is 24.8. The van der Waals surface area contributed by atoms with Crippen molar-refractivity contribution in [3.63, 3.8) is 0 Å². The standard InChI is InChI=1S/C25H18FN3O3/c26-21-12-6-4-10-19(21)23-15-14-18(32-23)16-27-29-25(31)20-11-5-7-13-22(20)28-24(30)17-8-2-1-3-9-17/h1-16H,(H,28,30)(H,29,31)/b27-16-. The topological polar surface area (TPSA) is 83.7 Å². The Morgan fingerprint density at radius 2 is 1.53 bits per heavy atom. The highest BCUT2D eigenvalue weighted by Gasteiger charge is 2.14. The second kappa shape index (κ2) is 9.53. The van der Waals surface area contributed by atoms with Crippen LogP contribution in [0.2, 0.25) is 0 Å². The lowest BCUT2D eigenvalue weighted by molar-refractivity contribution is 0.0956. The first-order valence-electron chi connectivity index (χ1n) is 9.75. The summed E-state index contributed by atoms with van der Waals surface area (Å²) in [5, 5.41) is 6.64. The molecule has 0 aliphatic rings. The van der Waals surface area contributed by atoms with Crippen LogP contribution in [-0.2, 0) is 0 Å². The summed E-state index contributed by atoms with van der Waals surface area (Å²) in [5.41, 5.74) is 3.82. The predicted molar refractivity (Wildman–Crippen MR) is 120 cm³/mol. The van der Waals surface area contributed by atoms with Crippen molar-refractivity contribution in [3.05, 3.63) is 114 Å². The zero-order valence-corrected chi connectivity index (χ0v) is 16.8. The van der Waals surface area contributed by atoms with Gasteiger partial charge in [-0.15, -0.1) is 0 Å². The summed E-state index contributed by atoms with van der Waals surface area (Å²) in [5.74, 6) is -0.538. The minimum Gasteiger partial charge on any atom is -0.455 e. The van der Waals surface area contributed by atoms with Crippen molar-refractivity contribution in [1.82, 2.24) is 5.43 Å². The number of nitrogens with zero attached hydrogens (tertiary/aromatic N) is 1. The van der Waals surface area contributed by atoms with Crippen molar-refractivity contribution >= 4 is 23.7 Å². The number of para-hydroxylation sites is 1. The van der Waals surface area contributed by atoms with Gasteiger partial charge in [-0.3, -0.25) is 9.59 Å². The number of hydrogen-bond acceptors (Lipinski definition) is 4. The molecule has 0 aliphatic carbocycles. The smallest absolute Gasteiger partial charge is 0.273 e. The minimum atomic E-state index is -0.508. The van der Waals surface area contributed by atoms with Gasteiger partial charge in [0.25, 0.3) is 11.8 Å². The summed E-state index contributed by atoms with van der Waals surface area (Å²) >= 11 is 0. The van der Waals surface area contributed by atoms with Crippen molar-refractivity contribution in [3.8, 4) is 11.3 Å². The Hall–Kier alpha value is -4.52. The molecule has 0 radical (unpaired) electrons. The van der Waals surface area contributed by atoms with Gasteiger partial charge in [0.2, 0.25) is 0 Å². The highest BCUT2D eigenvalue weighted by atomic mass is 19.1. The van der Waals surface area contributed by atoms with Gasteiger partial charge in [-0.1, -0.05) is 42.5 Å². The third-order valence-electron chi connectivity index (χ3n) is 4.58. The Morgan fingerprint density at radius 3 is 2.34 bits per heavy atom. The van der Waals surface area contributed by atoms with Gasteiger partial charge in [-0.2, -0.15) is 5.10 Å². The van der Waals surface area contributed by atoms with E-state index >= 15 is 0 Å². The van der Waals surface area contributed by atoms with Crippen molar-refractivity contribution in [2.45, 2.75) is 0 Å². The molecule has 4 rings (SSSR count). The Kier molecular flexibility index (Phi) is 6.17. The Balaban J connectivity index is 1.43. The van der Waals surface area contributed by atoms with Crippen LogP contribution in [0.4, 0.5) is 10.1 Å². The number of halogens is 1. The zero-order chi connectivity index (χ0) is 22.3. The summed E-state index contributed by atoms with van der Waals surface area (Å²) in [6.07, 6.45) is 1.31. The number of rotatable bonds is 6. The van der Waals surface area contributed by atoms with Crippen LogP contribution in [0.1, 0.15) is 26.5 Å². The maximum absolute atomic E-state index is 13.9. The molecule has 0 unspecified atom stereocenters. The van der Waals surface area contributed by atoms with E-state index in [9.17, 15) is 14.0 Å². The van der Waals surface area contributed by atoms with E-state index in [0.717, 1.165) is 0 Å². The molecule has 2 N–H and O–H groups in total. The number of carbonyl (C=O) groups is 2. The summed E-state index contributed by atoms with van der Waals surface area (Å²) < 4.78 is 19.5. The SMILES string of the molecule is O=C(Nc1ccccc1C(=O)N/N=C\c1ccc(-c2ccccc2F)o1)c1ccccc1. The number of hydrazone groups is 1. The molecular formula is C25H18FN3O3. The molecule has 0 atom stereocenters. The largest absolute Gasteiger partial charge is 0.455 e. The number of hydrogen-bond donors (Lipinski definition) is 2. The van der Waals surface area contributed by atoms with Crippen LogP contribution in [0.15, 0.2) is 101 Å². The van der Waals surface area contributed by atoms with E-state index in [4.69, 9.17) is 4.42 Å². The van der Waals surface area contributed by atoms with Crippen LogP contribution >= 0.6 is 0 Å². The molecule has 7 heteroatoms. The van der Waals surface area contributed by atoms with Crippen LogP contribution in [0.25, 0.3) is 11.3 Å². The molecule has 0 aliphatic heterocycles. The van der Waals surface area contributed by atoms with Gasteiger partial charge < -0.3 is 9.73 Å². The molecule has 0 fully saturated rings. The Bertz CT molecular complexity index is 1280. The van der Waals surface area contributed by atoms with E-state index in [2.05, 4.69) is 15.8 Å². The number of carbonyl (C=O) groups excluding carboxylic acids is 2. The van der Waals surface area contributed by atoms with Crippen molar-refractivity contribution in [1.29, 1.82) is 0 Å². The average molecular weight is 427 g/mol. The zero-order valence-electron chi connectivity index (χ0n) is 16.8. The molecule has 4 aromatic rings. The van der Waals surface area contributed by atoms with Gasteiger partial charge in [0, 0.05) is 5.56 Å².